The lowest BCUT2D eigenvalue weighted by Gasteiger charge is -2.29. The third kappa shape index (κ3) is 3.19. The minimum atomic E-state index is -3.64. The van der Waals surface area contributed by atoms with Gasteiger partial charge in [-0.05, 0) is 48.4 Å². The lowest BCUT2D eigenvalue weighted by Crippen LogP contribution is -2.39. The number of hydrogen-bond acceptors (Lipinski definition) is 4. The maximum Gasteiger partial charge on any atom is 0.255 e. The highest BCUT2D eigenvalue weighted by molar-refractivity contribution is 7.89. The quantitative estimate of drug-likeness (QED) is 0.809. The highest BCUT2D eigenvalue weighted by Crippen LogP contribution is 2.28. The zero-order valence-corrected chi connectivity index (χ0v) is 16.2. The number of benzene rings is 1. The first-order chi connectivity index (χ1) is 12.6. The van der Waals surface area contributed by atoms with E-state index in [2.05, 4.69) is 6.07 Å². The third-order valence-electron chi connectivity index (χ3n) is 5.15. The van der Waals surface area contributed by atoms with Gasteiger partial charge in [0.15, 0.2) is 0 Å². The number of fused-ring (bicyclic) bond motifs is 1. The Morgan fingerprint density at radius 1 is 1.00 bits per heavy atom. The highest BCUT2D eigenvalue weighted by Gasteiger charge is 2.32. The van der Waals surface area contributed by atoms with Crippen LogP contribution < -0.4 is 0 Å². The minimum absolute atomic E-state index is 0.142. The number of rotatable bonds is 3. The summed E-state index contributed by atoms with van der Waals surface area (Å²) >= 11 is 1.72. The summed E-state index contributed by atoms with van der Waals surface area (Å²) in [5.41, 5.74) is 1.46. The average molecular weight is 391 g/mol. The van der Waals surface area contributed by atoms with Gasteiger partial charge in [0.05, 0.1) is 10.5 Å². The van der Waals surface area contributed by atoms with E-state index in [1.807, 2.05) is 5.38 Å². The molecule has 0 radical (unpaired) electrons. The van der Waals surface area contributed by atoms with Gasteiger partial charge in [0.1, 0.15) is 0 Å². The van der Waals surface area contributed by atoms with Gasteiger partial charge >= 0.3 is 0 Å². The van der Waals surface area contributed by atoms with Crippen molar-refractivity contribution in [1.82, 2.24) is 9.21 Å². The molecule has 1 aromatic carbocycles. The summed E-state index contributed by atoms with van der Waals surface area (Å²) < 4.78 is 27.7. The Kier molecular flexibility index (Phi) is 4.86. The number of sulfonamides is 1. The molecule has 0 bridgehead atoms. The molecule has 0 unspecified atom stereocenters. The maximum absolute atomic E-state index is 13.1. The van der Waals surface area contributed by atoms with Gasteiger partial charge in [-0.3, -0.25) is 4.79 Å². The van der Waals surface area contributed by atoms with Crippen LogP contribution in [-0.2, 0) is 23.0 Å². The fourth-order valence-corrected chi connectivity index (χ4v) is 6.30. The van der Waals surface area contributed by atoms with Gasteiger partial charge in [-0.15, -0.1) is 11.3 Å². The highest BCUT2D eigenvalue weighted by atomic mass is 32.2. The van der Waals surface area contributed by atoms with Crippen molar-refractivity contribution >= 4 is 27.3 Å². The smallest absolute Gasteiger partial charge is 0.255 e. The van der Waals surface area contributed by atoms with E-state index >= 15 is 0 Å². The molecule has 138 valence electrons. The first-order valence-corrected chi connectivity index (χ1v) is 11.3. The van der Waals surface area contributed by atoms with Gasteiger partial charge in [0, 0.05) is 31.1 Å². The van der Waals surface area contributed by atoms with Gasteiger partial charge in [-0.1, -0.05) is 18.6 Å². The predicted octanol–water partition coefficient (Wildman–Crippen LogP) is 3.12. The molecule has 1 fully saturated rings. The summed E-state index contributed by atoms with van der Waals surface area (Å²) in [6.45, 7) is 2.25. The SMILES string of the molecule is O=C(c1ccccc1S(=O)(=O)N1CCCCC1)N1CCc2sccc2C1. The lowest BCUT2D eigenvalue weighted by molar-refractivity contribution is 0.0731. The molecule has 0 N–H and O–H groups in total. The van der Waals surface area contributed by atoms with Crippen LogP contribution in [0.4, 0.5) is 0 Å². The number of carbonyl (C=O) groups excluding carboxylic acids is 1. The van der Waals surface area contributed by atoms with E-state index in [-0.39, 0.29) is 16.4 Å². The Hall–Kier alpha value is -1.70. The molecule has 2 aliphatic rings. The molecule has 0 saturated carbocycles. The standard InChI is InChI=1S/C19H22N2O3S2/c22-19(20-12-8-17-15(14-20)9-13-25-17)16-6-2-3-7-18(16)26(23,24)21-10-4-1-5-11-21/h2-3,6-7,9,13H,1,4-5,8,10-12,14H2. The van der Waals surface area contributed by atoms with Crippen LogP contribution in [0.2, 0.25) is 0 Å². The summed E-state index contributed by atoms with van der Waals surface area (Å²) in [5, 5.41) is 2.05. The number of amides is 1. The van der Waals surface area contributed by atoms with Gasteiger partial charge in [-0.25, -0.2) is 8.42 Å². The van der Waals surface area contributed by atoms with Crippen molar-refractivity contribution in [3.05, 3.63) is 51.7 Å². The Balaban J connectivity index is 1.64. The van der Waals surface area contributed by atoms with E-state index in [0.29, 0.717) is 26.2 Å². The number of nitrogens with zero attached hydrogens (tertiary/aromatic N) is 2. The average Bonchev–Trinajstić information content (AvgIpc) is 3.16. The second kappa shape index (κ2) is 7.13. The predicted molar refractivity (Wildman–Crippen MR) is 102 cm³/mol. The van der Waals surface area contributed by atoms with Crippen molar-refractivity contribution < 1.29 is 13.2 Å². The molecule has 5 nitrogen and oxygen atoms in total. The number of carbonyl (C=O) groups is 1. The molecule has 4 rings (SSSR count). The molecule has 0 atom stereocenters. The van der Waals surface area contributed by atoms with Gasteiger partial charge in [0.25, 0.3) is 5.91 Å². The van der Waals surface area contributed by atoms with E-state index < -0.39 is 10.0 Å². The van der Waals surface area contributed by atoms with Crippen LogP contribution in [0.3, 0.4) is 0 Å². The summed E-state index contributed by atoms with van der Waals surface area (Å²) in [6.07, 6.45) is 3.65. The minimum Gasteiger partial charge on any atom is -0.334 e. The van der Waals surface area contributed by atoms with Crippen molar-refractivity contribution in [2.45, 2.75) is 37.1 Å². The first kappa shape index (κ1) is 17.7. The molecule has 26 heavy (non-hydrogen) atoms. The number of thiophene rings is 1. The Morgan fingerprint density at radius 2 is 1.77 bits per heavy atom. The van der Waals surface area contributed by atoms with Gasteiger partial charge < -0.3 is 4.90 Å². The molecule has 0 aliphatic carbocycles. The van der Waals surface area contributed by atoms with Crippen LogP contribution in [0.5, 0.6) is 0 Å². The van der Waals surface area contributed by atoms with E-state index in [0.717, 1.165) is 25.7 Å². The van der Waals surface area contributed by atoms with Crippen LogP contribution in [0.25, 0.3) is 0 Å². The van der Waals surface area contributed by atoms with Crippen molar-refractivity contribution in [2.24, 2.45) is 0 Å². The summed E-state index contributed by atoms with van der Waals surface area (Å²) in [7, 11) is -3.64. The second-order valence-electron chi connectivity index (χ2n) is 6.81. The molecule has 7 heteroatoms. The monoisotopic (exact) mass is 390 g/mol. The van der Waals surface area contributed by atoms with E-state index in [9.17, 15) is 13.2 Å². The summed E-state index contributed by atoms with van der Waals surface area (Å²) in [5.74, 6) is -0.196. The van der Waals surface area contributed by atoms with Crippen LogP contribution in [0.15, 0.2) is 40.6 Å². The molecule has 1 aromatic heterocycles. The fraction of sp³-hybridized carbons (Fsp3) is 0.421. The summed E-state index contributed by atoms with van der Waals surface area (Å²) in [6, 6.07) is 8.69. The molecule has 2 aromatic rings. The molecule has 3 heterocycles. The van der Waals surface area contributed by atoms with Crippen LogP contribution in [0.1, 0.15) is 40.1 Å². The zero-order chi connectivity index (χ0) is 18.1. The lowest BCUT2D eigenvalue weighted by atomic mass is 10.1. The Morgan fingerprint density at radius 3 is 2.58 bits per heavy atom. The van der Waals surface area contributed by atoms with Crippen molar-refractivity contribution in [2.75, 3.05) is 19.6 Å². The summed E-state index contributed by atoms with van der Waals surface area (Å²) in [4.78, 5) is 16.4. The van der Waals surface area contributed by atoms with Crippen molar-refractivity contribution in [1.29, 1.82) is 0 Å². The van der Waals surface area contributed by atoms with Crippen LogP contribution >= 0.6 is 11.3 Å². The van der Waals surface area contributed by atoms with E-state index in [1.165, 1.54) is 14.7 Å². The fourth-order valence-electron chi connectivity index (χ4n) is 3.70. The maximum atomic E-state index is 13.1. The van der Waals surface area contributed by atoms with Crippen LogP contribution in [-0.4, -0.2) is 43.2 Å². The largest absolute Gasteiger partial charge is 0.334 e. The molecule has 2 aliphatic heterocycles. The third-order valence-corrected chi connectivity index (χ3v) is 8.12. The van der Waals surface area contributed by atoms with Crippen molar-refractivity contribution in [3.63, 3.8) is 0 Å². The van der Waals surface area contributed by atoms with E-state index in [4.69, 9.17) is 0 Å². The number of hydrogen-bond donors (Lipinski definition) is 0. The molecule has 1 saturated heterocycles. The molecular formula is C19H22N2O3S2. The second-order valence-corrected chi connectivity index (χ2v) is 9.71. The topological polar surface area (TPSA) is 57.7 Å². The zero-order valence-electron chi connectivity index (χ0n) is 14.6. The first-order valence-electron chi connectivity index (χ1n) is 9.01. The normalized spacial score (nSPS) is 18.5. The molecule has 1 amide bonds. The van der Waals surface area contributed by atoms with Gasteiger partial charge in [-0.2, -0.15) is 4.31 Å². The Labute approximate surface area is 158 Å². The van der Waals surface area contributed by atoms with Crippen molar-refractivity contribution in [3.8, 4) is 0 Å². The van der Waals surface area contributed by atoms with Gasteiger partial charge in [0.2, 0.25) is 10.0 Å². The van der Waals surface area contributed by atoms with E-state index in [1.54, 1.807) is 40.5 Å². The number of piperidine rings is 1. The molecule has 0 spiro atoms. The Bertz CT molecular complexity index is 914. The molecular weight excluding hydrogens is 368 g/mol. The van der Waals surface area contributed by atoms with Crippen LogP contribution in [0, 0.1) is 0 Å².